The van der Waals surface area contributed by atoms with E-state index in [9.17, 15) is 18.3 Å². The standard InChI is InChI=1S/C28H29F3N6O/c1-18-6-4-10-32-25(18)27-34-22(19-8-9-21(29)23(38)16-19)17-24(35(27)3)36-12-14-37(15-13-36)26-20(28(2,30)31)7-5-11-33-26/h4-11,16-17,27,38H,12-15H2,1-3H3. The number of phenols is 1. The van der Waals surface area contributed by atoms with Crippen molar-refractivity contribution in [3.63, 3.8) is 0 Å². The molecule has 5 rings (SSSR count). The van der Waals surface area contributed by atoms with Crippen molar-refractivity contribution in [3.8, 4) is 5.75 Å². The van der Waals surface area contributed by atoms with Crippen LogP contribution in [0.2, 0.25) is 0 Å². The third kappa shape index (κ3) is 4.90. The van der Waals surface area contributed by atoms with Crippen LogP contribution in [-0.4, -0.2) is 63.8 Å². The Balaban J connectivity index is 1.46. The van der Waals surface area contributed by atoms with Crippen molar-refractivity contribution in [1.29, 1.82) is 0 Å². The van der Waals surface area contributed by atoms with Gasteiger partial charge in [-0.1, -0.05) is 6.07 Å². The Hall–Kier alpha value is -4.08. The van der Waals surface area contributed by atoms with Gasteiger partial charge in [0.15, 0.2) is 17.7 Å². The van der Waals surface area contributed by atoms with Crippen molar-refractivity contribution in [2.75, 3.05) is 38.1 Å². The van der Waals surface area contributed by atoms with E-state index in [0.29, 0.717) is 43.3 Å². The minimum Gasteiger partial charge on any atom is -0.505 e. The number of allylic oxidation sites excluding steroid dienone is 1. The monoisotopic (exact) mass is 522 g/mol. The summed E-state index contributed by atoms with van der Waals surface area (Å²) in [5.74, 6) is -2.97. The molecule has 4 heterocycles. The molecular weight excluding hydrogens is 493 g/mol. The van der Waals surface area contributed by atoms with E-state index in [1.165, 1.54) is 30.5 Å². The molecule has 7 nitrogen and oxygen atoms in total. The van der Waals surface area contributed by atoms with Crippen molar-refractivity contribution in [2.24, 2.45) is 4.99 Å². The lowest BCUT2D eigenvalue weighted by molar-refractivity contribution is 0.0175. The lowest BCUT2D eigenvalue weighted by Crippen LogP contribution is -2.50. The van der Waals surface area contributed by atoms with Crippen molar-refractivity contribution in [2.45, 2.75) is 25.9 Å². The van der Waals surface area contributed by atoms with Crippen LogP contribution in [0.25, 0.3) is 0 Å². The number of hydrogen-bond donors (Lipinski definition) is 1. The summed E-state index contributed by atoms with van der Waals surface area (Å²) in [5, 5.41) is 9.99. The molecule has 1 atom stereocenters. The fourth-order valence-corrected chi connectivity index (χ4v) is 4.90. The number of pyridine rings is 2. The average molecular weight is 523 g/mol. The number of aryl methyl sites for hydroxylation is 1. The van der Waals surface area contributed by atoms with Crippen LogP contribution in [-0.2, 0) is 5.92 Å². The summed E-state index contributed by atoms with van der Waals surface area (Å²) >= 11 is 0. The molecule has 1 saturated heterocycles. The van der Waals surface area contributed by atoms with Crippen LogP contribution in [0.4, 0.5) is 19.0 Å². The number of aromatic nitrogens is 2. The Morgan fingerprint density at radius 1 is 0.974 bits per heavy atom. The summed E-state index contributed by atoms with van der Waals surface area (Å²) < 4.78 is 42.2. The van der Waals surface area contributed by atoms with Crippen LogP contribution in [0, 0.1) is 12.7 Å². The van der Waals surface area contributed by atoms with E-state index in [-0.39, 0.29) is 5.56 Å². The molecule has 1 aromatic carbocycles. The Morgan fingerprint density at radius 2 is 1.66 bits per heavy atom. The number of anilines is 1. The lowest BCUT2D eigenvalue weighted by atomic mass is 10.0. The molecule has 0 radical (unpaired) electrons. The first kappa shape index (κ1) is 25.6. The lowest BCUT2D eigenvalue weighted by Gasteiger charge is -2.44. The zero-order valence-corrected chi connectivity index (χ0v) is 21.4. The summed E-state index contributed by atoms with van der Waals surface area (Å²) in [4.78, 5) is 19.9. The maximum atomic E-state index is 14.2. The van der Waals surface area contributed by atoms with Crippen LogP contribution in [0.15, 0.2) is 71.7 Å². The third-order valence-corrected chi connectivity index (χ3v) is 6.95. The van der Waals surface area contributed by atoms with Crippen molar-refractivity contribution in [1.82, 2.24) is 19.8 Å². The van der Waals surface area contributed by atoms with Gasteiger partial charge in [0.2, 0.25) is 0 Å². The number of alkyl halides is 2. The molecule has 0 saturated carbocycles. The van der Waals surface area contributed by atoms with Crippen LogP contribution >= 0.6 is 0 Å². The fraction of sp³-hybridized carbons (Fsp3) is 0.321. The zero-order chi connectivity index (χ0) is 27.0. The molecule has 0 bridgehead atoms. The molecule has 38 heavy (non-hydrogen) atoms. The minimum absolute atomic E-state index is 0.0846. The predicted molar refractivity (Wildman–Crippen MR) is 140 cm³/mol. The Kier molecular flexibility index (Phi) is 6.73. The molecule has 0 aliphatic carbocycles. The number of rotatable bonds is 5. The minimum atomic E-state index is -2.99. The normalized spacial score (nSPS) is 18.4. The Morgan fingerprint density at radius 3 is 2.34 bits per heavy atom. The largest absolute Gasteiger partial charge is 0.505 e. The molecule has 2 aliphatic rings. The molecule has 1 fully saturated rings. The van der Waals surface area contributed by atoms with E-state index in [1.807, 2.05) is 42.0 Å². The summed E-state index contributed by atoms with van der Waals surface area (Å²) in [7, 11) is 1.94. The van der Waals surface area contributed by atoms with Gasteiger partial charge in [0.25, 0.3) is 5.92 Å². The molecule has 2 aliphatic heterocycles. The first-order valence-electron chi connectivity index (χ1n) is 12.4. The van der Waals surface area contributed by atoms with Gasteiger partial charge in [0, 0.05) is 64.2 Å². The number of phenolic OH excluding ortho intramolecular Hbond substituents is 1. The van der Waals surface area contributed by atoms with Gasteiger partial charge in [-0.2, -0.15) is 0 Å². The highest BCUT2D eigenvalue weighted by Gasteiger charge is 2.34. The van der Waals surface area contributed by atoms with E-state index in [2.05, 4.69) is 14.9 Å². The third-order valence-electron chi connectivity index (χ3n) is 6.95. The van der Waals surface area contributed by atoms with E-state index in [4.69, 9.17) is 4.99 Å². The van der Waals surface area contributed by atoms with Crippen molar-refractivity contribution < 1.29 is 18.3 Å². The molecule has 1 N–H and O–H groups in total. The van der Waals surface area contributed by atoms with E-state index < -0.39 is 23.7 Å². The smallest absolute Gasteiger partial charge is 0.274 e. The fourth-order valence-electron chi connectivity index (χ4n) is 4.90. The maximum absolute atomic E-state index is 14.2. The highest BCUT2D eigenvalue weighted by Crippen LogP contribution is 2.35. The first-order chi connectivity index (χ1) is 18.1. The van der Waals surface area contributed by atoms with Crippen LogP contribution in [0.5, 0.6) is 5.75 Å². The van der Waals surface area contributed by atoms with Gasteiger partial charge in [-0.15, -0.1) is 0 Å². The number of aromatic hydroxyl groups is 1. The molecular formula is C28H29F3N6O. The van der Waals surface area contributed by atoms with Gasteiger partial charge >= 0.3 is 0 Å². The van der Waals surface area contributed by atoms with Crippen LogP contribution in [0.3, 0.4) is 0 Å². The SMILES string of the molecule is Cc1cccnc1C1N=C(c2ccc(F)c(O)c2)C=C(N2CCN(c3ncccc3C(C)(F)F)CC2)N1C. The van der Waals surface area contributed by atoms with E-state index in [1.54, 1.807) is 12.3 Å². The number of piperazine rings is 1. The number of hydrogen-bond acceptors (Lipinski definition) is 7. The second-order valence-electron chi connectivity index (χ2n) is 9.61. The molecule has 3 aromatic rings. The Labute approximate surface area is 219 Å². The van der Waals surface area contributed by atoms with Gasteiger partial charge in [0.1, 0.15) is 11.6 Å². The number of halogens is 3. The van der Waals surface area contributed by atoms with Gasteiger partial charge in [0.05, 0.1) is 17.0 Å². The zero-order valence-electron chi connectivity index (χ0n) is 21.4. The van der Waals surface area contributed by atoms with Crippen molar-refractivity contribution in [3.05, 3.63) is 95.0 Å². The van der Waals surface area contributed by atoms with Gasteiger partial charge in [-0.25, -0.2) is 18.2 Å². The van der Waals surface area contributed by atoms with E-state index >= 15 is 0 Å². The number of aliphatic imine (C=N–C) groups is 1. The number of nitrogens with zero attached hydrogens (tertiary/aromatic N) is 6. The highest BCUT2D eigenvalue weighted by molar-refractivity contribution is 6.09. The second kappa shape index (κ2) is 10.00. The summed E-state index contributed by atoms with van der Waals surface area (Å²) in [6, 6.07) is 11.0. The number of benzene rings is 1. The summed E-state index contributed by atoms with van der Waals surface area (Å²) in [6.45, 7) is 5.00. The average Bonchev–Trinajstić information content (AvgIpc) is 2.90. The molecule has 2 aromatic heterocycles. The summed E-state index contributed by atoms with van der Waals surface area (Å²) in [6.07, 6.45) is 4.72. The molecule has 0 amide bonds. The van der Waals surface area contributed by atoms with Gasteiger partial charge in [-0.3, -0.25) is 9.98 Å². The topological polar surface area (TPSA) is 68.1 Å². The quantitative estimate of drug-likeness (QED) is 0.518. The van der Waals surface area contributed by atoms with Crippen molar-refractivity contribution >= 4 is 11.5 Å². The van der Waals surface area contributed by atoms with E-state index in [0.717, 1.165) is 24.0 Å². The molecule has 0 spiro atoms. The second-order valence-corrected chi connectivity index (χ2v) is 9.61. The van der Waals surface area contributed by atoms with Gasteiger partial charge in [-0.05, 0) is 48.9 Å². The molecule has 198 valence electrons. The van der Waals surface area contributed by atoms with Gasteiger partial charge < -0.3 is 19.8 Å². The first-order valence-corrected chi connectivity index (χ1v) is 12.4. The predicted octanol–water partition coefficient (Wildman–Crippen LogP) is 4.84. The molecule has 1 unspecified atom stereocenters. The van der Waals surface area contributed by atoms with Crippen LogP contribution in [0.1, 0.15) is 35.5 Å². The summed E-state index contributed by atoms with van der Waals surface area (Å²) in [5.41, 5.74) is 2.84. The maximum Gasteiger partial charge on any atom is 0.274 e. The Bertz CT molecular complexity index is 1400. The highest BCUT2D eigenvalue weighted by atomic mass is 19.3. The molecule has 10 heteroatoms. The van der Waals surface area contributed by atoms with Crippen LogP contribution < -0.4 is 4.90 Å².